The van der Waals surface area contributed by atoms with Gasteiger partial charge in [0.25, 0.3) is 0 Å². The van der Waals surface area contributed by atoms with Gasteiger partial charge in [0.15, 0.2) is 0 Å². The highest BCUT2D eigenvalue weighted by Gasteiger charge is 1.97. The van der Waals surface area contributed by atoms with E-state index in [4.69, 9.17) is 7.85 Å². The van der Waals surface area contributed by atoms with Gasteiger partial charge in [-0.1, -0.05) is 96.7 Å². The molecule has 0 aromatic carbocycles. The maximum absolute atomic E-state index is 5.53. The zero-order valence-electron chi connectivity index (χ0n) is 15.8. The molecule has 0 aliphatic carbocycles. The molecule has 0 saturated carbocycles. The minimum atomic E-state index is 0.822. The Morgan fingerprint density at radius 3 is 1.32 bits per heavy atom. The molecule has 0 N–H and O–H groups in total. The highest BCUT2D eigenvalue weighted by atomic mass is 15.1. The van der Waals surface area contributed by atoms with Crippen molar-refractivity contribution >= 4 is 7.85 Å². The standard InChI is InChI=1S/C20H42BN/c1-3-4-5-6-7-8-9-10-11-12-13-14-15-16-19-22(2)20-17-18-21/h3-20H2,1-2H3. The van der Waals surface area contributed by atoms with Gasteiger partial charge in [-0.15, -0.1) is 0 Å². The van der Waals surface area contributed by atoms with Crippen LogP contribution in [0, 0.1) is 0 Å². The second-order valence-electron chi connectivity index (χ2n) is 7.04. The number of unbranched alkanes of at least 4 members (excludes halogenated alkanes) is 13. The first-order valence-corrected chi connectivity index (χ1v) is 10.2. The second-order valence-corrected chi connectivity index (χ2v) is 7.04. The molecule has 0 bridgehead atoms. The van der Waals surface area contributed by atoms with Crippen LogP contribution in [0.1, 0.15) is 103 Å². The fourth-order valence-corrected chi connectivity index (χ4v) is 3.05. The molecule has 0 spiro atoms. The third-order valence-electron chi connectivity index (χ3n) is 4.64. The van der Waals surface area contributed by atoms with E-state index in [2.05, 4.69) is 18.9 Å². The van der Waals surface area contributed by atoms with E-state index in [0.717, 1.165) is 19.3 Å². The molecule has 0 fully saturated rings. The number of hydrogen-bond donors (Lipinski definition) is 0. The fourth-order valence-electron chi connectivity index (χ4n) is 3.05. The first-order valence-electron chi connectivity index (χ1n) is 10.2. The summed E-state index contributed by atoms with van der Waals surface area (Å²) in [5.41, 5.74) is 0. The first kappa shape index (κ1) is 22.0. The van der Waals surface area contributed by atoms with Gasteiger partial charge in [-0.2, -0.15) is 0 Å². The van der Waals surface area contributed by atoms with Gasteiger partial charge in [0.05, 0.1) is 7.85 Å². The van der Waals surface area contributed by atoms with E-state index >= 15 is 0 Å². The van der Waals surface area contributed by atoms with Crippen molar-refractivity contribution in [3.8, 4) is 0 Å². The zero-order valence-corrected chi connectivity index (χ0v) is 15.8. The van der Waals surface area contributed by atoms with Crippen LogP contribution in [0.3, 0.4) is 0 Å². The molecular weight excluding hydrogens is 265 g/mol. The van der Waals surface area contributed by atoms with Crippen LogP contribution < -0.4 is 0 Å². The lowest BCUT2D eigenvalue weighted by atomic mass is 10.0. The molecule has 0 unspecified atom stereocenters. The zero-order chi connectivity index (χ0) is 16.3. The second kappa shape index (κ2) is 19.1. The van der Waals surface area contributed by atoms with Gasteiger partial charge in [0, 0.05) is 0 Å². The van der Waals surface area contributed by atoms with Crippen LogP contribution in [0.2, 0.25) is 6.32 Å². The normalized spacial score (nSPS) is 11.4. The summed E-state index contributed by atoms with van der Waals surface area (Å²) in [6.45, 7) is 4.70. The molecule has 0 rings (SSSR count). The van der Waals surface area contributed by atoms with Crippen LogP contribution >= 0.6 is 0 Å². The molecule has 0 heterocycles. The summed E-state index contributed by atoms with van der Waals surface area (Å²) in [6.07, 6.45) is 22.1. The van der Waals surface area contributed by atoms with Crippen molar-refractivity contribution in [2.24, 2.45) is 0 Å². The topological polar surface area (TPSA) is 3.24 Å². The van der Waals surface area contributed by atoms with Gasteiger partial charge in [0.2, 0.25) is 0 Å². The highest BCUT2D eigenvalue weighted by Crippen LogP contribution is 2.13. The Kier molecular flexibility index (Phi) is 19.1. The molecule has 0 aliphatic rings. The maximum atomic E-state index is 5.53. The highest BCUT2D eigenvalue weighted by molar-refractivity contribution is 6.08. The Bertz CT molecular complexity index is 196. The Morgan fingerprint density at radius 2 is 0.909 bits per heavy atom. The van der Waals surface area contributed by atoms with Crippen LogP contribution in [0.25, 0.3) is 0 Å². The van der Waals surface area contributed by atoms with E-state index in [1.807, 2.05) is 0 Å². The largest absolute Gasteiger partial charge is 0.306 e. The van der Waals surface area contributed by atoms with Gasteiger partial charge in [-0.25, -0.2) is 0 Å². The molecular formula is C20H42BN. The van der Waals surface area contributed by atoms with Crippen molar-refractivity contribution in [2.75, 3.05) is 20.1 Å². The fraction of sp³-hybridized carbons (Fsp3) is 1.00. The van der Waals surface area contributed by atoms with Crippen molar-refractivity contribution in [1.82, 2.24) is 4.90 Å². The van der Waals surface area contributed by atoms with Gasteiger partial charge < -0.3 is 4.90 Å². The van der Waals surface area contributed by atoms with E-state index in [9.17, 15) is 0 Å². The van der Waals surface area contributed by atoms with Gasteiger partial charge in [-0.3, -0.25) is 0 Å². The van der Waals surface area contributed by atoms with Crippen molar-refractivity contribution in [3.63, 3.8) is 0 Å². The lowest BCUT2D eigenvalue weighted by Gasteiger charge is -2.15. The predicted molar refractivity (Wildman–Crippen MR) is 103 cm³/mol. The summed E-state index contributed by atoms with van der Waals surface area (Å²) in [5, 5.41) is 0. The van der Waals surface area contributed by atoms with E-state index < -0.39 is 0 Å². The van der Waals surface area contributed by atoms with E-state index in [-0.39, 0.29) is 0 Å². The molecule has 1 nitrogen and oxygen atoms in total. The average molecular weight is 307 g/mol. The number of rotatable bonds is 18. The first-order chi connectivity index (χ1) is 10.8. The summed E-state index contributed by atoms with van der Waals surface area (Å²) in [6, 6.07) is 0. The Labute approximate surface area is 143 Å². The molecule has 130 valence electrons. The number of hydrogen-bond acceptors (Lipinski definition) is 1. The molecule has 0 aliphatic heterocycles. The molecule has 0 aromatic rings. The van der Waals surface area contributed by atoms with Crippen LogP contribution in [-0.4, -0.2) is 32.9 Å². The smallest absolute Gasteiger partial charge is 0.0653 e. The summed E-state index contributed by atoms with van der Waals surface area (Å²) in [4.78, 5) is 2.42. The third-order valence-corrected chi connectivity index (χ3v) is 4.64. The van der Waals surface area contributed by atoms with Crippen LogP contribution in [0.4, 0.5) is 0 Å². The Hall–Kier alpha value is 0.0249. The summed E-state index contributed by atoms with van der Waals surface area (Å²) < 4.78 is 0. The van der Waals surface area contributed by atoms with Crippen molar-refractivity contribution in [3.05, 3.63) is 0 Å². The molecule has 0 atom stereocenters. The lowest BCUT2D eigenvalue weighted by molar-refractivity contribution is 0.324. The Balaban J connectivity index is 3.02. The molecule has 0 amide bonds. The van der Waals surface area contributed by atoms with Crippen molar-refractivity contribution in [2.45, 2.75) is 110 Å². The third kappa shape index (κ3) is 18.1. The van der Waals surface area contributed by atoms with Crippen LogP contribution in [0.15, 0.2) is 0 Å². The molecule has 2 heteroatoms. The van der Waals surface area contributed by atoms with Crippen molar-refractivity contribution in [1.29, 1.82) is 0 Å². The van der Waals surface area contributed by atoms with E-state index in [0.29, 0.717) is 0 Å². The minimum Gasteiger partial charge on any atom is -0.306 e. The van der Waals surface area contributed by atoms with Gasteiger partial charge >= 0.3 is 0 Å². The quantitative estimate of drug-likeness (QED) is 0.210. The van der Waals surface area contributed by atoms with Gasteiger partial charge in [0.1, 0.15) is 0 Å². The average Bonchev–Trinajstić information content (AvgIpc) is 2.53. The molecule has 0 saturated heterocycles. The molecule has 0 aromatic heterocycles. The SMILES string of the molecule is [B]CCCN(C)CCCCCCCCCCCCCCCC. The molecule has 2 radical (unpaired) electrons. The summed E-state index contributed by atoms with van der Waals surface area (Å²) in [5.74, 6) is 0. The van der Waals surface area contributed by atoms with Gasteiger partial charge in [-0.05, 0) is 33.0 Å². The van der Waals surface area contributed by atoms with Crippen LogP contribution in [0.5, 0.6) is 0 Å². The monoisotopic (exact) mass is 307 g/mol. The maximum Gasteiger partial charge on any atom is 0.0653 e. The minimum absolute atomic E-state index is 0.822. The molecule has 22 heavy (non-hydrogen) atoms. The lowest BCUT2D eigenvalue weighted by Crippen LogP contribution is -2.20. The van der Waals surface area contributed by atoms with Crippen molar-refractivity contribution < 1.29 is 0 Å². The predicted octanol–water partition coefficient (Wildman–Crippen LogP) is 6.38. The van der Waals surface area contributed by atoms with E-state index in [1.54, 1.807) is 0 Å². The Morgan fingerprint density at radius 1 is 0.545 bits per heavy atom. The summed E-state index contributed by atoms with van der Waals surface area (Å²) in [7, 11) is 7.75. The number of nitrogens with zero attached hydrogens (tertiary/aromatic N) is 1. The van der Waals surface area contributed by atoms with Crippen LogP contribution in [-0.2, 0) is 0 Å². The summed E-state index contributed by atoms with van der Waals surface area (Å²) >= 11 is 0. The van der Waals surface area contributed by atoms with E-state index in [1.165, 1.54) is 96.4 Å².